The maximum Gasteiger partial charge on any atom is 0.243 e. The van der Waals surface area contributed by atoms with Crippen LogP contribution in [0.3, 0.4) is 0 Å². The number of benzene rings is 3. The minimum Gasteiger partial charge on any atom is -0.491 e. The molecule has 0 atom stereocenters. The summed E-state index contributed by atoms with van der Waals surface area (Å²) in [7, 11) is 0. The van der Waals surface area contributed by atoms with Gasteiger partial charge in [-0.25, -0.2) is 0 Å². The highest BCUT2D eigenvalue weighted by Crippen LogP contribution is 2.19. The molecule has 0 saturated heterocycles. The van der Waals surface area contributed by atoms with Crippen LogP contribution in [0.1, 0.15) is 6.92 Å². The Balaban J connectivity index is 1.51. The number of carbonyl (C=O) groups excluding carboxylic acids is 1. The van der Waals surface area contributed by atoms with E-state index in [1.165, 1.54) is 0 Å². The number of fused-ring (bicyclic) bond motifs is 1. The van der Waals surface area contributed by atoms with Gasteiger partial charge in [-0.15, -0.1) is 0 Å². The van der Waals surface area contributed by atoms with Gasteiger partial charge in [-0.1, -0.05) is 36.4 Å². The summed E-state index contributed by atoms with van der Waals surface area (Å²) in [4.78, 5) is 12.2. The molecule has 0 fully saturated rings. The molecule has 3 rings (SSSR count). The molecular weight excluding hydrogens is 340 g/mol. The lowest BCUT2D eigenvalue weighted by molar-refractivity contribution is -0.114. The average Bonchev–Trinajstić information content (AvgIpc) is 2.70. The average molecular weight is 364 g/mol. The lowest BCUT2D eigenvalue weighted by Gasteiger charge is -2.11. The highest BCUT2D eigenvalue weighted by molar-refractivity contribution is 5.96. The molecule has 0 radical (unpaired) electrons. The molecule has 1 amide bonds. The van der Waals surface area contributed by atoms with Gasteiger partial charge in [-0.3, -0.25) is 4.79 Å². The first-order chi connectivity index (χ1) is 13.2. The van der Waals surface area contributed by atoms with Crippen molar-refractivity contribution in [2.24, 2.45) is 0 Å². The Morgan fingerprint density at radius 3 is 2.59 bits per heavy atom. The largest absolute Gasteiger partial charge is 0.491 e. The fraction of sp³-hybridized carbons (Fsp3) is 0.227. The zero-order valence-corrected chi connectivity index (χ0v) is 15.4. The molecule has 5 nitrogen and oxygen atoms in total. The van der Waals surface area contributed by atoms with E-state index in [2.05, 4.69) is 10.6 Å². The van der Waals surface area contributed by atoms with Crippen molar-refractivity contribution in [1.82, 2.24) is 0 Å². The SMILES string of the molecule is CCOCCOc1cccc(NCC(=O)Nc2ccc3ccccc3c2)c1. The summed E-state index contributed by atoms with van der Waals surface area (Å²) in [5.41, 5.74) is 1.62. The molecule has 0 heterocycles. The first-order valence-corrected chi connectivity index (χ1v) is 9.08. The second-order valence-electron chi connectivity index (χ2n) is 6.04. The highest BCUT2D eigenvalue weighted by Gasteiger charge is 2.04. The Kier molecular flexibility index (Phi) is 6.66. The molecule has 27 heavy (non-hydrogen) atoms. The van der Waals surface area contributed by atoms with Gasteiger partial charge in [0.05, 0.1) is 13.2 Å². The molecule has 0 aromatic heterocycles. The van der Waals surface area contributed by atoms with Gasteiger partial charge in [0.25, 0.3) is 0 Å². The number of carbonyl (C=O) groups is 1. The van der Waals surface area contributed by atoms with Crippen molar-refractivity contribution in [2.75, 3.05) is 37.0 Å². The van der Waals surface area contributed by atoms with Crippen molar-refractivity contribution in [3.8, 4) is 5.75 Å². The monoisotopic (exact) mass is 364 g/mol. The second-order valence-corrected chi connectivity index (χ2v) is 6.04. The van der Waals surface area contributed by atoms with Crippen LogP contribution in [0, 0.1) is 0 Å². The van der Waals surface area contributed by atoms with Gasteiger partial charge in [0.1, 0.15) is 12.4 Å². The zero-order chi connectivity index (χ0) is 18.9. The first kappa shape index (κ1) is 18.7. The number of ether oxygens (including phenoxy) is 2. The van der Waals surface area contributed by atoms with Crippen LogP contribution in [0.2, 0.25) is 0 Å². The third-order valence-corrected chi connectivity index (χ3v) is 4.02. The van der Waals surface area contributed by atoms with Crippen molar-refractivity contribution in [3.05, 3.63) is 66.7 Å². The van der Waals surface area contributed by atoms with Crippen LogP contribution in [-0.4, -0.2) is 32.3 Å². The summed E-state index contributed by atoms with van der Waals surface area (Å²) in [5.74, 6) is 0.641. The summed E-state index contributed by atoms with van der Waals surface area (Å²) < 4.78 is 10.9. The van der Waals surface area contributed by atoms with E-state index >= 15 is 0 Å². The molecule has 140 valence electrons. The van der Waals surface area contributed by atoms with Gasteiger partial charge in [-0.05, 0) is 42.0 Å². The van der Waals surface area contributed by atoms with Crippen LogP contribution >= 0.6 is 0 Å². The minimum absolute atomic E-state index is 0.104. The van der Waals surface area contributed by atoms with E-state index in [1.54, 1.807) is 0 Å². The Morgan fingerprint density at radius 2 is 1.74 bits per heavy atom. The smallest absolute Gasteiger partial charge is 0.243 e. The van der Waals surface area contributed by atoms with Crippen molar-refractivity contribution < 1.29 is 14.3 Å². The van der Waals surface area contributed by atoms with E-state index < -0.39 is 0 Å². The third-order valence-electron chi connectivity index (χ3n) is 4.02. The van der Waals surface area contributed by atoms with E-state index in [4.69, 9.17) is 9.47 Å². The standard InChI is InChI=1S/C22H24N2O3/c1-2-26-12-13-27-21-9-5-8-19(15-21)23-16-22(25)24-20-11-10-17-6-3-4-7-18(17)14-20/h3-11,14-15,23H,2,12-13,16H2,1H3,(H,24,25). The fourth-order valence-corrected chi connectivity index (χ4v) is 2.71. The maximum absolute atomic E-state index is 12.2. The molecule has 0 aliphatic rings. The predicted molar refractivity (Wildman–Crippen MR) is 109 cm³/mol. The van der Waals surface area contributed by atoms with Gasteiger partial charge >= 0.3 is 0 Å². The van der Waals surface area contributed by atoms with E-state index in [1.807, 2.05) is 73.7 Å². The van der Waals surface area contributed by atoms with Crippen LogP contribution in [0.4, 0.5) is 11.4 Å². The molecule has 0 saturated carbocycles. The Labute approximate surface area is 159 Å². The van der Waals surface area contributed by atoms with E-state index in [-0.39, 0.29) is 12.5 Å². The molecule has 3 aromatic carbocycles. The summed E-state index contributed by atoms with van der Waals surface area (Å²) in [5, 5.41) is 8.28. The predicted octanol–water partition coefficient (Wildman–Crippen LogP) is 4.31. The second kappa shape index (κ2) is 9.59. The van der Waals surface area contributed by atoms with Gasteiger partial charge in [0.15, 0.2) is 0 Å². The first-order valence-electron chi connectivity index (χ1n) is 9.08. The quantitative estimate of drug-likeness (QED) is 0.556. The normalized spacial score (nSPS) is 10.6. The molecular formula is C22H24N2O3. The van der Waals surface area contributed by atoms with Crippen LogP contribution in [0.5, 0.6) is 5.75 Å². The Bertz CT molecular complexity index is 895. The fourth-order valence-electron chi connectivity index (χ4n) is 2.71. The molecule has 0 spiro atoms. The van der Waals surface area contributed by atoms with Crippen molar-refractivity contribution >= 4 is 28.1 Å². The molecule has 0 aliphatic carbocycles. The molecule has 2 N–H and O–H groups in total. The van der Waals surface area contributed by atoms with Crippen LogP contribution in [-0.2, 0) is 9.53 Å². The molecule has 0 unspecified atom stereocenters. The van der Waals surface area contributed by atoms with E-state index in [0.717, 1.165) is 27.9 Å². The number of anilines is 2. The van der Waals surface area contributed by atoms with E-state index in [9.17, 15) is 4.79 Å². The van der Waals surface area contributed by atoms with Crippen LogP contribution in [0.15, 0.2) is 66.7 Å². The molecule has 5 heteroatoms. The number of hydrogen-bond acceptors (Lipinski definition) is 4. The number of hydrogen-bond donors (Lipinski definition) is 2. The lowest BCUT2D eigenvalue weighted by Crippen LogP contribution is -2.21. The number of nitrogens with one attached hydrogen (secondary N) is 2. The summed E-state index contributed by atoms with van der Waals surface area (Å²) in [6, 6.07) is 21.5. The topological polar surface area (TPSA) is 59.6 Å². The summed E-state index contributed by atoms with van der Waals surface area (Å²) in [6.07, 6.45) is 0. The van der Waals surface area contributed by atoms with Crippen molar-refractivity contribution in [3.63, 3.8) is 0 Å². The number of rotatable bonds is 9. The zero-order valence-electron chi connectivity index (χ0n) is 15.4. The van der Waals surface area contributed by atoms with Gasteiger partial charge in [-0.2, -0.15) is 0 Å². The molecule has 0 aliphatic heterocycles. The van der Waals surface area contributed by atoms with Gasteiger partial charge in [0, 0.05) is 24.0 Å². The summed E-state index contributed by atoms with van der Waals surface area (Å²) in [6.45, 7) is 3.86. The maximum atomic E-state index is 12.2. The number of amides is 1. The van der Waals surface area contributed by atoms with Gasteiger partial charge in [0.2, 0.25) is 5.91 Å². The van der Waals surface area contributed by atoms with Crippen LogP contribution < -0.4 is 15.4 Å². The minimum atomic E-state index is -0.104. The van der Waals surface area contributed by atoms with E-state index in [0.29, 0.717) is 19.8 Å². The highest BCUT2D eigenvalue weighted by atomic mass is 16.5. The summed E-state index contributed by atoms with van der Waals surface area (Å²) >= 11 is 0. The van der Waals surface area contributed by atoms with Crippen LogP contribution in [0.25, 0.3) is 10.8 Å². The lowest BCUT2D eigenvalue weighted by atomic mass is 10.1. The Hall–Kier alpha value is -3.05. The van der Waals surface area contributed by atoms with Crippen molar-refractivity contribution in [2.45, 2.75) is 6.92 Å². The molecule has 0 bridgehead atoms. The van der Waals surface area contributed by atoms with Crippen molar-refractivity contribution in [1.29, 1.82) is 0 Å². The molecule has 3 aromatic rings. The Morgan fingerprint density at radius 1 is 0.889 bits per heavy atom. The third kappa shape index (κ3) is 5.72. The van der Waals surface area contributed by atoms with Gasteiger partial charge < -0.3 is 20.1 Å².